The van der Waals surface area contributed by atoms with E-state index < -0.39 is 5.97 Å². The smallest absolute Gasteiger partial charge is 0.303 e. The lowest BCUT2D eigenvalue weighted by Gasteiger charge is -2.10. The van der Waals surface area contributed by atoms with Crippen LogP contribution in [0, 0.1) is 23.7 Å². The molecule has 0 aliphatic rings. The lowest BCUT2D eigenvalue weighted by Crippen LogP contribution is -2.12. The van der Waals surface area contributed by atoms with Gasteiger partial charge in [-0.15, -0.1) is 11.8 Å². The van der Waals surface area contributed by atoms with Crippen LogP contribution in [0.4, 0.5) is 0 Å². The molecule has 0 saturated carbocycles. The molecule has 0 aliphatic heterocycles. The summed E-state index contributed by atoms with van der Waals surface area (Å²) in [5, 5.41) is 10.5. The number of benzene rings is 1. The number of Topliss-reactive ketones (excluding diaryl/α,β-unsaturated/α-hetero) is 1. The SMILES string of the molecule is CC(C)C#CCCCCCCc1c(C(=O)C[C@H](C)CC(=O)O)c2cc(Cl)ccc2n1C. The lowest BCUT2D eigenvalue weighted by atomic mass is 9.94. The van der Waals surface area contributed by atoms with Crippen molar-refractivity contribution >= 4 is 34.3 Å². The van der Waals surface area contributed by atoms with E-state index in [1.165, 1.54) is 0 Å². The molecule has 1 N–H and O–H groups in total. The summed E-state index contributed by atoms with van der Waals surface area (Å²) >= 11 is 6.23. The van der Waals surface area contributed by atoms with Crippen LogP contribution in [0.3, 0.4) is 0 Å². The quantitative estimate of drug-likeness (QED) is 0.239. The van der Waals surface area contributed by atoms with Gasteiger partial charge in [-0.25, -0.2) is 0 Å². The largest absolute Gasteiger partial charge is 0.481 e. The van der Waals surface area contributed by atoms with Gasteiger partial charge in [0, 0.05) is 59.4 Å². The van der Waals surface area contributed by atoms with Crippen molar-refractivity contribution in [3.8, 4) is 11.8 Å². The van der Waals surface area contributed by atoms with Gasteiger partial charge in [0.15, 0.2) is 5.78 Å². The molecule has 0 saturated heterocycles. The molecule has 2 aromatic rings. The zero-order valence-corrected chi connectivity index (χ0v) is 19.9. The second-order valence-corrected chi connectivity index (χ2v) is 9.20. The Morgan fingerprint density at radius 1 is 1.10 bits per heavy atom. The number of aromatic nitrogens is 1. The molecule has 0 spiro atoms. The predicted octanol–water partition coefficient (Wildman–Crippen LogP) is 6.67. The van der Waals surface area contributed by atoms with Gasteiger partial charge in [-0.1, -0.05) is 45.2 Å². The monoisotopic (exact) mass is 443 g/mol. The number of unbranched alkanes of at least 4 members (excludes halogenated alkanes) is 4. The summed E-state index contributed by atoms with van der Waals surface area (Å²) in [4.78, 5) is 24.2. The van der Waals surface area contributed by atoms with Crippen molar-refractivity contribution < 1.29 is 14.7 Å². The Kier molecular flexibility index (Phi) is 9.65. The third-order valence-electron chi connectivity index (χ3n) is 5.47. The van der Waals surface area contributed by atoms with Crippen molar-refractivity contribution in [1.29, 1.82) is 0 Å². The molecule has 0 bridgehead atoms. The molecule has 0 fully saturated rings. The minimum Gasteiger partial charge on any atom is -0.481 e. The van der Waals surface area contributed by atoms with E-state index in [4.69, 9.17) is 16.7 Å². The van der Waals surface area contributed by atoms with Gasteiger partial charge in [0.25, 0.3) is 0 Å². The fraction of sp³-hybridized carbons (Fsp3) is 0.538. The van der Waals surface area contributed by atoms with Crippen molar-refractivity contribution in [1.82, 2.24) is 4.57 Å². The van der Waals surface area contributed by atoms with Gasteiger partial charge in [0.05, 0.1) is 0 Å². The number of hydrogen-bond donors (Lipinski definition) is 1. The van der Waals surface area contributed by atoms with Crippen molar-refractivity contribution in [2.75, 3.05) is 0 Å². The summed E-state index contributed by atoms with van der Waals surface area (Å²) in [5.74, 6) is 5.77. The number of carbonyl (C=O) groups excluding carboxylic acids is 1. The number of halogens is 1. The summed E-state index contributed by atoms with van der Waals surface area (Å²) in [7, 11) is 1.99. The van der Waals surface area contributed by atoms with Crippen molar-refractivity contribution in [2.24, 2.45) is 18.9 Å². The summed E-state index contributed by atoms with van der Waals surface area (Å²) < 4.78 is 2.09. The molecule has 2 rings (SSSR count). The number of carbonyl (C=O) groups is 2. The van der Waals surface area contributed by atoms with Crippen molar-refractivity contribution in [3.05, 3.63) is 34.5 Å². The van der Waals surface area contributed by atoms with Gasteiger partial charge in [0.2, 0.25) is 0 Å². The Bertz CT molecular complexity index is 978. The third kappa shape index (κ3) is 7.43. The van der Waals surface area contributed by atoms with Crippen LogP contribution in [0.5, 0.6) is 0 Å². The topological polar surface area (TPSA) is 59.3 Å². The number of nitrogens with zero attached hydrogens (tertiary/aromatic N) is 1. The van der Waals surface area contributed by atoms with E-state index in [1.807, 2.05) is 32.2 Å². The van der Waals surface area contributed by atoms with Crippen LogP contribution >= 0.6 is 11.6 Å². The Hall–Kier alpha value is -2.25. The molecule has 31 heavy (non-hydrogen) atoms. The Balaban J connectivity index is 2.13. The zero-order chi connectivity index (χ0) is 23.0. The molecule has 0 amide bonds. The molecule has 0 aliphatic carbocycles. The number of rotatable bonds is 11. The molecule has 0 radical (unpaired) electrons. The highest BCUT2D eigenvalue weighted by molar-refractivity contribution is 6.31. The summed E-state index contributed by atoms with van der Waals surface area (Å²) in [5.41, 5.74) is 2.71. The summed E-state index contributed by atoms with van der Waals surface area (Å²) in [6, 6.07) is 5.64. The second kappa shape index (κ2) is 12.0. The fourth-order valence-corrected chi connectivity index (χ4v) is 4.17. The van der Waals surface area contributed by atoms with Gasteiger partial charge >= 0.3 is 5.97 Å². The van der Waals surface area contributed by atoms with E-state index in [-0.39, 0.29) is 24.5 Å². The Morgan fingerprint density at radius 3 is 2.48 bits per heavy atom. The maximum atomic E-state index is 13.2. The van der Waals surface area contributed by atoms with Crippen molar-refractivity contribution in [2.45, 2.75) is 72.1 Å². The lowest BCUT2D eigenvalue weighted by molar-refractivity contribution is -0.137. The minimum absolute atomic E-state index is 0.000534. The molecule has 168 valence electrons. The first-order valence-electron chi connectivity index (χ1n) is 11.2. The van der Waals surface area contributed by atoms with Gasteiger partial charge < -0.3 is 9.67 Å². The van der Waals surface area contributed by atoms with E-state index in [9.17, 15) is 9.59 Å². The number of aryl methyl sites for hydroxylation is 1. The normalized spacial score (nSPS) is 12.1. The Labute approximate surface area is 191 Å². The molecule has 5 heteroatoms. The predicted molar refractivity (Wildman–Crippen MR) is 128 cm³/mol. The average Bonchev–Trinajstić information content (AvgIpc) is 2.94. The molecular weight excluding hydrogens is 410 g/mol. The molecule has 1 aromatic carbocycles. The van der Waals surface area contributed by atoms with Crippen LogP contribution in [0.25, 0.3) is 10.9 Å². The first-order chi connectivity index (χ1) is 14.7. The number of carboxylic acids is 1. The highest BCUT2D eigenvalue weighted by Crippen LogP contribution is 2.31. The van der Waals surface area contributed by atoms with E-state index in [1.54, 1.807) is 0 Å². The van der Waals surface area contributed by atoms with Gasteiger partial charge in [0.1, 0.15) is 0 Å². The van der Waals surface area contributed by atoms with E-state index in [0.29, 0.717) is 16.5 Å². The van der Waals surface area contributed by atoms with E-state index in [2.05, 4.69) is 30.3 Å². The third-order valence-corrected chi connectivity index (χ3v) is 5.71. The minimum atomic E-state index is -0.875. The van der Waals surface area contributed by atoms with Crippen LogP contribution in [0.1, 0.15) is 81.8 Å². The number of aliphatic carboxylic acids is 1. The molecule has 1 aromatic heterocycles. The Morgan fingerprint density at radius 2 is 1.81 bits per heavy atom. The van der Waals surface area contributed by atoms with Crippen molar-refractivity contribution in [3.63, 3.8) is 0 Å². The summed E-state index contributed by atoms with van der Waals surface area (Å²) in [6.07, 6.45) is 6.29. The van der Waals surface area contributed by atoms with Crippen LogP contribution < -0.4 is 0 Å². The average molecular weight is 444 g/mol. The van der Waals surface area contributed by atoms with E-state index in [0.717, 1.165) is 55.1 Å². The zero-order valence-electron chi connectivity index (χ0n) is 19.1. The first-order valence-corrected chi connectivity index (χ1v) is 11.6. The second-order valence-electron chi connectivity index (χ2n) is 8.76. The fourth-order valence-electron chi connectivity index (χ4n) is 4.00. The van der Waals surface area contributed by atoms with Crippen LogP contribution in [-0.2, 0) is 18.3 Å². The maximum Gasteiger partial charge on any atom is 0.303 e. The van der Waals surface area contributed by atoms with Gasteiger partial charge in [-0.3, -0.25) is 9.59 Å². The van der Waals surface area contributed by atoms with Gasteiger partial charge in [-0.2, -0.15) is 0 Å². The molecular formula is C26H34ClNO3. The molecule has 1 atom stereocenters. The molecule has 4 nitrogen and oxygen atoms in total. The van der Waals surface area contributed by atoms with Crippen LogP contribution in [0.15, 0.2) is 18.2 Å². The number of carboxylic acid groups (broad SMARTS) is 1. The van der Waals surface area contributed by atoms with Crippen LogP contribution in [0.2, 0.25) is 5.02 Å². The van der Waals surface area contributed by atoms with E-state index >= 15 is 0 Å². The van der Waals surface area contributed by atoms with Crippen LogP contribution in [-0.4, -0.2) is 21.4 Å². The summed E-state index contributed by atoms with van der Waals surface area (Å²) in [6.45, 7) is 6.02. The maximum absolute atomic E-state index is 13.2. The highest BCUT2D eigenvalue weighted by atomic mass is 35.5. The van der Waals surface area contributed by atoms with Gasteiger partial charge in [-0.05, 0) is 43.4 Å². The number of ketones is 1. The number of fused-ring (bicyclic) bond motifs is 1. The molecule has 1 heterocycles. The first kappa shape index (κ1) is 25.0. The highest BCUT2D eigenvalue weighted by Gasteiger charge is 2.23. The standard InChI is InChI=1S/C26H34ClNO3/c1-18(2)11-9-7-5-6-8-10-12-23-26(24(29)15-19(3)16-25(30)31)21-17-20(27)13-14-22(21)28(23)4/h13-14,17-19H,5-8,10,12,15-16H2,1-4H3,(H,30,31)/t19-/m0/s1. The number of hydrogen-bond acceptors (Lipinski definition) is 2. The molecule has 0 unspecified atom stereocenters.